The van der Waals surface area contributed by atoms with Gasteiger partial charge in [-0.15, -0.1) is 0 Å². The molecule has 0 aliphatic rings. The normalized spacial score (nSPS) is 10.9. The Labute approximate surface area is 166 Å². The van der Waals surface area contributed by atoms with Crippen molar-refractivity contribution in [1.82, 2.24) is 10.5 Å². The monoisotopic (exact) mass is 390 g/mol. The van der Waals surface area contributed by atoms with E-state index in [0.29, 0.717) is 42.7 Å². The molecule has 0 saturated heterocycles. The Kier molecular flexibility index (Phi) is 8.32. The molecule has 1 aromatic carbocycles. The smallest absolute Gasteiger partial charge is 0.251 e. The lowest BCUT2D eigenvalue weighted by molar-refractivity contribution is 0.0924. The van der Waals surface area contributed by atoms with Crippen molar-refractivity contribution in [2.45, 2.75) is 40.7 Å². The molecular formula is C21H30N2O5. The number of carbonyl (C=O) groups excluding carboxylic acids is 1. The summed E-state index contributed by atoms with van der Waals surface area (Å²) in [7, 11) is 1.55. The molecule has 0 bridgehead atoms. The highest BCUT2D eigenvalue weighted by molar-refractivity contribution is 5.94. The first kappa shape index (κ1) is 21.8. The summed E-state index contributed by atoms with van der Waals surface area (Å²) in [6, 6.07) is 5.13. The minimum Gasteiger partial charge on any atom is -0.493 e. The van der Waals surface area contributed by atoms with E-state index < -0.39 is 0 Å². The zero-order chi connectivity index (χ0) is 20.5. The molecule has 0 saturated carbocycles. The molecule has 7 heteroatoms. The third kappa shape index (κ3) is 6.27. The van der Waals surface area contributed by atoms with E-state index in [2.05, 4.69) is 24.3 Å². The first-order valence-corrected chi connectivity index (χ1v) is 9.51. The van der Waals surface area contributed by atoms with Crippen molar-refractivity contribution in [3.05, 3.63) is 40.8 Å². The number of ether oxygens (including phenoxy) is 3. The predicted molar refractivity (Wildman–Crippen MR) is 106 cm³/mol. The van der Waals surface area contributed by atoms with Crippen molar-refractivity contribution in [2.75, 3.05) is 26.9 Å². The summed E-state index contributed by atoms with van der Waals surface area (Å²) in [6.45, 7) is 10.2. The van der Waals surface area contributed by atoms with E-state index in [1.807, 2.05) is 13.8 Å². The number of nitrogens with zero attached hydrogens (tertiary/aromatic N) is 1. The summed E-state index contributed by atoms with van der Waals surface area (Å²) < 4.78 is 21.9. The van der Waals surface area contributed by atoms with Gasteiger partial charge in [0.25, 0.3) is 5.91 Å². The Morgan fingerprint density at radius 3 is 2.68 bits per heavy atom. The molecule has 1 aromatic heterocycles. The summed E-state index contributed by atoms with van der Waals surface area (Å²) >= 11 is 0. The van der Waals surface area contributed by atoms with Gasteiger partial charge in [0.1, 0.15) is 12.4 Å². The number of methoxy groups -OCH3 is 1. The summed E-state index contributed by atoms with van der Waals surface area (Å²) in [5, 5.41) is 6.81. The van der Waals surface area contributed by atoms with Crippen LogP contribution in [0.15, 0.2) is 22.7 Å². The molecule has 0 radical (unpaired) electrons. The van der Waals surface area contributed by atoms with Crippen LogP contribution in [0.3, 0.4) is 0 Å². The van der Waals surface area contributed by atoms with Crippen molar-refractivity contribution >= 4 is 5.91 Å². The Hall–Kier alpha value is -2.54. The maximum atomic E-state index is 12.3. The first-order valence-electron chi connectivity index (χ1n) is 9.51. The van der Waals surface area contributed by atoms with Gasteiger partial charge in [-0.1, -0.05) is 19.0 Å². The van der Waals surface area contributed by atoms with E-state index in [1.165, 1.54) is 0 Å². The van der Waals surface area contributed by atoms with Crippen LogP contribution < -0.4 is 14.8 Å². The Bertz CT molecular complexity index is 751. The summed E-state index contributed by atoms with van der Waals surface area (Å²) in [5.41, 5.74) is 2.22. The lowest BCUT2D eigenvalue weighted by Crippen LogP contribution is -2.25. The molecule has 0 atom stereocenters. The fourth-order valence-electron chi connectivity index (χ4n) is 2.58. The lowest BCUT2D eigenvalue weighted by Gasteiger charge is -2.12. The van der Waals surface area contributed by atoms with Crippen molar-refractivity contribution in [1.29, 1.82) is 0 Å². The molecule has 1 N–H and O–H groups in total. The highest BCUT2D eigenvalue weighted by Crippen LogP contribution is 2.29. The molecule has 0 aliphatic heterocycles. The van der Waals surface area contributed by atoms with Crippen LogP contribution in [0.25, 0.3) is 0 Å². The van der Waals surface area contributed by atoms with Crippen LogP contribution in [0, 0.1) is 19.8 Å². The van der Waals surface area contributed by atoms with Crippen LogP contribution in [0.4, 0.5) is 0 Å². The Morgan fingerprint density at radius 1 is 1.25 bits per heavy atom. The van der Waals surface area contributed by atoms with Gasteiger partial charge in [-0.3, -0.25) is 4.79 Å². The van der Waals surface area contributed by atoms with Gasteiger partial charge in [0.05, 0.1) is 18.4 Å². The van der Waals surface area contributed by atoms with Gasteiger partial charge >= 0.3 is 0 Å². The third-order valence-corrected chi connectivity index (χ3v) is 4.18. The van der Waals surface area contributed by atoms with Crippen LogP contribution in [0.5, 0.6) is 11.5 Å². The third-order valence-electron chi connectivity index (χ3n) is 4.18. The molecule has 0 unspecified atom stereocenters. The summed E-state index contributed by atoms with van der Waals surface area (Å²) in [4.78, 5) is 12.3. The minimum absolute atomic E-state index is 0.153. The van der Waals surface area contributed by atoms with Gasteiger partial charge in [0.2, 0.25) is 0 Å². The molecule has 0 fully saturated rings. The summed E-state index contributed by atoms with van der Waals surface area (Å²) in [5.74, 6) is 2.14. The van der Waals surface area contributed by atoms with Crippen LogP contribution in [-0.4, -0.2) is 37.9 Å². The SMILES string of the molecule is COc1cc(C(=O)NCCCOCC(C)C)ccc1OCc1c(C)noc1C. The number of hydrogen-bond acceptors (Lipinski definition) is 6. The van der Waals surface area contributed by atoms with Gasteiger partial charge in [-0.25, -0.2) is 0 Å². The number of rotatable bonds is 11. The van der Waals surface area contributed by atoms with E-state index in [9.17, 15) is 4.79 Å². The average molecular weight is 390 g/mol. The lowest BCUT2D eigenvalue weighted by atomic mass is 10.2. The fourth-order valence-corrected chi connectivity index (χ4v) is 2.58. The predicted octanol–water partition coefficient (Wildman–Crippen LogP) is 3.67. The number of carbonyl (C=O) groups is 1. The second-order valence-electron chi connectivity index (χ2n) is 7.04. The van der Waals surface area contributed by atoms with Gasteiger partial charge in [-0.2, -0.15) is 0 Å². The van der Waals surface area contributed by atoms with Crippen molar-refractivity contribution in [3.8, 4) is 11.5 Å². The number of aromatic nitrogens is 1. The zero-order valence-corrected chi connectivity index (χ0v) is 17.3. The molecule has 1 amide bonds. The molecule has 0 aliphatic carbocycles. The molecule has 2 aromatic rings. The van der Waals surface area contributed by atoms with Gasteiger partial charge in [0.15, 0.2) is 11.5 Å². The van der Waals surface area contributed by atoms with Crippen LogP contribution in [0.1, 0.15) is 47.6 Å². The molecule has 7 nitrogen and oxygen atoms in total. The van der Waals surface area contributed by atoms with E-state index in [-0.39, 0.29) is 5.91 Å². The van der Waals surface area contributed by atoms with Gasteiger partial charge in [-0.05, 0) is 44.4 Å². The zero-order valence-electron chi connectivity index (χ0n) is 17.3. The highest BCUT2D eigenvalue weighted by atomic mass is 16.5. The van der Waals surface area contributed by atoms with Gasteiger partial charge in [0, 0.05) is 25.3 Å². The fraction of sp³-hybridized carbons (Fsp3) is 0.524. The number of nitrogens with one attached hydrogen (secondary N) is 1. The number of hydrogen-bond donors (Lipinski definition) is 1. The largest absolute Gasteiger partial charge is 0.493 e. The van der Waals surface area contributed by atoms with Crippen LogP contribution >= 0.6 is 0 Å². The molecule has 154 valence electrons. The molecule has 0 spiro atoms. The first-order chi connectivity index (χ1) is 13.4. The standard InChI is InChI=1S/C21H30N2O5/c1-14(2)12-26-10-6-9-22-21(24)17-7-8-19(20(11-17)25-5)27-13-18-15(3)23-28-16(18)4/h7-8,11,14H,6,9-10,12-13H2,1-5H3,(H,22,24). The number of benzene rings is 1. The molecule has 1 heterocycles. The van der Waals surface area contributed by atoms with E-state index in [4.69, 9.17) is 18.7 Å². The molecule has 28 heavy (non-hydrogen) atoms. The summed E-state index contributed by atoms with van der Waals surface area (Å²) in [6.07, 6.45) is 0.772. The van der Waals surface area contributed by atoms with Crippen LogP contribution in [-0.2, 0) is 11.3 Å². The topological polar surface area (TPSA) is 82.8 Å². The van der Waals surface area contributed by atoms with Crippen LogP contribution in [0.2, 0.25) is 0 Å². The van der Waals surface area contributed by atoms with Crippen molar-refractivity contribution in [2.24, 2.45) is 5.92 Å². The maximum absolute atomic E-state index is 12.3. The van der Waals surface area contributed by atoms with E-state index >= 15 is 0 Å². The van der Waals surface area contributed by atoms with Gasteiger partial charge < -0.3 is 24.1 Å². The Morgan fingerprint density at radius 2 is 2.04 bits per heavy atom. The molecular weight excluding hydrogens is 360 g/mol. The molecule has 2 rings (SSSR count). The maximum Gasteiger partial charge on any atom is 0.251 e. The number of aryl methyl sites for hydroxylation is 2. The quantitative estimate of drug-likeness (QED) is 0.590. The second kappa shape index (κ2) is 10.7. The van der Waals surface area contributed by atoms with E-state index in [1.54, 1.807) is 25.3 Å². The Balaban J connectivity index is 1.88. The minimum atomic E-state index is -0.153. The number of amides is 1. The second-order valence-corrected chi connectivity index (χ2v) is 7.04. The average Bonchev–Trinajstić information content (AvgIpc) is 3.00. The van der Waals surface area contributed by atoms with Crippen molar-refractivity contribution in [3.63, 3.8) is 0 Å². The highest BCUT2D eigenvalue weighted by Gasteiger charge is 2.14. The van der Waals surface area contributed by atoms with E-state index in [0.717, 1.165) is 30.0 Å². The van der Waals surface area contributed by atoms with Crippen molar-refractivity contribution < 1.29 is 23.5 Å².